The van der Waals surface area contributed by atoms with Crippen molar-refractivity contribution in [3.63, 3.8) is 0 Å². The Hall–Kier alpha value is -2.93. The minimum absolute atomic E-state index is 0.000732. The van der Waals surface area contributed by atoms with Gasteiger partial charge in [0.1, 0.15) is 0 Å². The number of amides is 1. The van der Waals surface area contributed by atoms with Crippen LogP contribution in [-0.2, 0) is 24.1 Å². The number of benzene rings is 2. The summed E-state index contributed by atoms with van der Waals surface area (Å²) in [5.41, 5.74) is 2.64. The van der Waals surface area contributed by atoms with Crippen molar-refractivity contribution in [2.75, 3.05) is 61.4 Å². The van der Waals surface area contributed by atoms with E-state index in [4.69, 9.17) is 32.7 Å². The smallest absolute Gasteiger partial charge is 0.227 e. The lowest BCUT2D eigenvalue weighted by molar-refractivity contribution is -0.130. The van der Waals surface area contributed by atoms with Crippen molar-refractivity contribution in [2.24, 2.45) is 0 Å². The second kappa shape index (κ2) is 10.6. The molecule has 0 fully saturated rings. The summed E-state index contributed by atoms with van der Waals surface area (Å²) in [5.74, 6) is -0.647. The molecule has 2 aliphatic rings. The van der Waals surface area contributed by atoms with Gasteiger partial charge in [0, 0.05) is 31.0 Å². The molecule has 1 amide bonds. The second-order valence-corrected chi connectivity index (χ2v) is 8.34. The summed E-state index contributed by atoms with van der Waals surface area (Å²) < 4.78 is 100. The topological polar surface area (TPSA) is 60.5 Å². The Labute approximate surface area is 216 Å². The standard InChI is InChI=1S/C27H36N2O5/c1-28(17-21-11-20-14-25(33-4)26(34-5)16-22(20)21)8-6-9-29-10-7-18-12-23(31-2)24(32-3)13-19(18)15-27(29)30/h12-14,16,21H,6-11,15,17H2,1-5H3/i3D3,5D3,8D2,17D2. The highest BCUT2D eigenvalue weighted by Crippen LogP contribution is 2.42. The third-order valence-electron chi connectivity index (χ3n) is 6.36. The fraction of sp³-hybridized carbons (Fsp3) is 0.519. The maximum atomic E-state index is 13.2. The zero-order chi connectivity index (χ0) is 32.8. The molecule has 0 saturated carbocycles. The van der Waals surface area contributed by atoms with Crippen molar-refractivity contribution in [3.8, 4) is 23.0 Å². The van der Waals surface area contributed by atoms with Crippen LogP contribution >= 0.6 is 0 Å². The normalized spacial score (nSPS) is 22.9. The van der Waals surface area contributed by atoms with Gasteiger partial charge in [0.15, 0.2) is 23.0 Å². The molecule has 34 heavy (non-hydrogen) atoms. The highest BCUT2D eigenvalue weighted by molar-refractivity contribution is 5.80. The van der Waals surface area contributed by atoms with Gasteiger partial charge in [-0.2, -0.15) is 0 Å². The summed E-state index contributed by atoms with van der Waals surface area (Å²) in [6.07, 6.45) is 0.484. The van der Waals surface area contributed by atoms with Crippen molar-refractivity contribution in [3.05, 3.63) is 46.5 Å². The first-order valence-electron chi connectivity index (χ1n) is 16.1. The number of nitrogens with zero attached hydrogens (tertiary/aromatic N) is 2. The number of hydrogen-bond acceptors (Lipinski definition) is 6. The molecular formula is C27H36N2O5. The SMILES string of the molecule is [2H]C([2H])([2H])Oc1cc2c(cc1OC)CCN(CCC([2H])([2H])N(C)C([2H])([2H])C1Cc3cc(OC)c(OC([2H])([2H])[2H])cc31)C(=O)C2. The molecule has 0 aromatic heterocycles. The van der Waals surface area contributed by atoms with Gasteiger partial charge in [0.2, 0.25) is 5.91 Å². The van der Waals surface area contributed by atoms with E-state index in [1.54, 1.807) is 12.1 Å². The maximum Gasteiger partial charge on any atom is 0.227 e. The van der Waals surface area contributed by atoms with Crippen LogP contribution < -0.4 is 18.9 Å². The van der Waals surface area contributed by atoms with Gasteiger partial charge in [0.05, 0.1) is 42.9 Å². The molecule has 0 bridgehead atoms. The van der Waals surface area contributed by atoms with E-state index in [9.17, 15) is 4.79 Å². The molecule has 0 radical (unpaired) electrons. The molecule has 4 rings (SSSR count). The van der Waals surface area contributed by atoms with Gasteiger partial charge < -0.3 is 28.7 Å². The van der Waals surface area contributed by atoms with Gasteiger partial charge in [-0.3, -0.25) is 4.79 Å². The predicted octanol–water partition coefficient (Wildman–Crippen LogP) is 3.31. The number of methoxy groups -OCH3 is 4. The number of hydrogen-bond donors (Lipinski definition) is 0. The number of carbonyl (C=O) groups excluding carboxylic acids is 1. The summed E-state index contributed by atoms with van der Waals surface area (Å²) in [5, 5.41) is 0. The van der Waals surface area contributed by atoms with Crippen LogP contribution in [0.15, 0.2) is 24.3 Å². The van der Waals surface area contributed by atoms with E-state index in [0.29, 0.717) is 17.5 Å². The fourth-order valence-electron chi connectivity index (χ4n) is 4.48. The summed E-state index contributed by atoms with van der Waals surface area (Å²) >= 11 is 0. The van der Waals surface area contributed by atoms with E-state index in [-0.39, 0.29) is 61.3 Å². The molecule has 0 N–H and O–H groups in total. The molecule has 0 saturated heterocycles. The largest absolute Gasteiger partial charge is 0.493 e. The van der Waals surface area contributed by atoms with E-state index in [0.717, 1.165) is 16.0 Å². The van der Waals surface area contributed by atoms with Crippen molar-refractivity contribution in [2.45, 2.75) is 31.6 Å². The van der Waals surface area contributed by atoms with E-state index in [2.05, 4.69) is 0 Å². The molecule has 2 aromatic rings. The molecule has 1 atom stereocenters. The zero-order valence-corrected chi connectivity index (χ0v) is 19.6. The molecule has 7 heteroatoms. The Morgan fingerprint density at radius 2 is 1.65 bits per heavy atom. The highest BCUT2D eigenvalue weighted by Gasteiger charge is 2.29. The molecule has 1 aliphatic heterocycles. The lowest BCUT2D eigenvalue weighted by Crippen LogP contribution is -2.36. The lowest BCUT2D eigenvalue weighted by Gasteiger charge is -2.34. The van der Waals surface area contributed by atoms with Crippen molar-refractivity contribution < 1.29 is 37.4 Å². The quantitative estimate of drug-likeness (QED) is 0.522. The minimum atomic E-state index is -2.74. The zero-order valence-electron chi connectivity index (χ0n) is 29.6. The van der Waals surface area contributed by atoms with Crippen LogP contribution in [0.5, 0.6) is 23.0 Å². The van der Waals surface area contributed by atoms with E-state index < -0.39 is 33.0 Å². The average molecular weight is 479 g/mol. The number of fused-ring (bicyclic) bond motifs is 2. The summed E-state index contributed by atoms with van der Waals surface area (Å²) in [6, 6.07) is 6.18. The Morgan fingerprint density at radius 1 is 1.00 bits per heavy atom. The summed E-state index contributed by atoms with van der Waals surface area (Å²) in [7, 11) is -1.32. The first-order valence-corrected chi connectivity index (χ1v) is 11.1. The van der Waals surface area contributed by atoms with Gasteiger partial charge >= 0.3 is 0 Å². The third kappa shape index (κ3) is 4.94. The lowest BCUT2D eigenvalue weighted by atomic mass is 9.77. The number of likely N-dealkylation sites (N-methyl/N-ethyl adjacent to an activating group) is 1. The Kier molecular flexibility index (Phi) is 4.49. The van der Waals surface area contributed by atoms with Crippen molar-refractivity contribution >= 4 is 5.91 Å². The number of rotatable bonds is 10. The number of carbonyl (C=O) groups is 1. The minimum Gasteiger partial charge on any atom is -0.493 e. The number of ether oxygens (including phenoxy) is 4. The van der Waals surface area contributed by atoms with E-state index in [1.165, 1.54) is 38.3 Å². The first kappa shape index (κ1) is 14.5. The molecule has 7 nitrogen and oxygen atoms in total. The van der Waals surface area contributed by atoms with Crippen LogP contribution in [0.4, 0.5) is 0 Å². The highest BCUT2D eigenvalue weighted by atomic mass is 16.5. The van der Waals surface area contributed by atoms with Crippen LogP contribution in [0, 0.1) is 0 Å². The Bertz CT molecular complexity index is 1400. The van der Waals surface area contributed by atoms with E-state index in [1.807, 2.05) is 0 Å². The van der Waals surface area contributed by atoms with Gasteiger partial charge in [-0.25, -0.2) is 0 Å². The van der Waals surface area contributed by atoms with Crippen LogP contribution in [0.1, 0.15) is 48.3 Å². The van der Waals surface area contributed by atoms with Gasteiger partial charge in [-0.15, -0.1) is 0 Å². The van der Waals surface area contributed by atoms with E-state index >= 15 is 0 Å². The Morgan fingerprint density at radius 3 is 2.35 bits per heavy atom. The molecule has 0 spiro atoms. The first-order chi connectivity index (χ1) is 20.3. The van der Waals surface area contributed by atoms with Crippen molar-refractivity contribution in [1.29, 1.82) is 0 Å². The molecule has 184 valence electrons. The Balaban J connectivity index is 1.46. The van der Waals surface area contributed by atoms with Gasteiger partial charge in [-0.05, 0) is 79.3 Å². The molecule has 1 heterocycles. The average Bonchev–Trinajstić information content (AvgIpc) is 3.03. The monoisotopic (exact) mass is 478 g/mol. The fourth-order valence-corrected chi connectivity index (χ4v) is 4.48. The molecule has 2 aromatic carbocycles. The van der Waals surface area contributed by atoms with Crippen LogP contribution in [0.25, 0.3) is 0 Å². The predicted molar refractivity (Wildman–Crippen MR) is 132 cm³/mol. The van der Waals surface area contributed by atoms with Crippen LogP contribution in [0.2, 0.25) is 0 Å². The molecule has 1 unspecified atom stereocenters. The third-order valence-corrected chi connectivity index (χ3v) is 6.36. The molecule has 1 aliphatic carbocycles. The van der Waals surface area contributed by atoms with Crippen molar-refractivity contribution in [1.82, 2.24) is 9.80 Å². The van der Waals surface area contributed by atoms with Gasteiger partial charge in [0.25, 0.3) is 0 Å². The van der Waals surface area contributed by atoms with Crippen LogP contribution in [0.3, 0.4) is 0 Å². The van der Waals surface area contributed by atoms with Crippen LogP contribution in [-0.4, -0.2) is 77.1 Å². The van der Waals surface area contributed by atoms with Gasteiger partial charge in [-0.1, -0.05) is 0 Å². The summed E-state index contributed by atoms with van der Waals surface area (Å²) in [4.78, 5) is 15.7. The maximum absolute atomic E-state index is 13.2. The second-order valence-electron chi connectivity index (χ2n) is 8.34. The summed E-state index contributed by atoms with van der Waals surface area (Å²) in [6.45, 7) is -4.03. The molecular weight excluding hydrogens is 432 g/mol.